The van der Waals surface area contributed by atoms with E-state index in [1.165, 1.54) is 0 Å². The highest BCUT2D eigenvalue weighted by Gasteiger charge is 2.25. The molecule has 1 aliphatic carbocycles. The largest absolute Gasteiger partial charge is 0.493 e. The molecule has 0 radical (unpaired) electrons. The minimum Gasteiger partial charge on any atom is -0.493 e. The van der Waals surface area contributed by atoms with Gasteiger partial charge in [0.25, 0.3) is 5.91 Å². The number of benzene rings is 1. The van der Waals surface area contributed by atoms with Crippen molar-refractivity contribution in [2.45, 2.75) is 51.3 Å². The molecule has 2 fully saturated rings. The molecule has 1 saturated carbocycles. The molecular formula is C21H27N3O4. The molecule has 1 aliphatic heterocycles. The summed E-state index contributed by atoms with van der Waals surface area (Å²) in [4.78, 5) is 14.7. The average molecular weight is 385 g/mol. The van der Waals surface area contributed by atoms with Gasteiger partial charge in [-0.15, -0.1) is 0 Å². The monoisotopic (exact) mass is 385 g/mol. The van der Waals surface area contributed by atoms with Gasteiger partial charge in [0, 0.05) is 30.8 Å². The number of hydrogen-bond acceptors (Lipinski definition) is 6. The van der Waals surface area contributed by atoms with Crippen molar-refractivity contribution in [1.29, 1.82) is 0 Å². The molecule has 2 aliphatic rings. The zero-order valence-corrected chi connectivity index (χ0v) is 16.4. The number of nitrogens with zero attached hydrogens (tertiary/aromatic N) is 2. The Balaban J connectivity index is 1.35. The predicted molar refractivity (Wildman–Crippen MR) is 104 cm³/mol. The normalized spacial score (nSPS) is 18.1. The van der Waals surface area contributed by atoms with Gasteiger partial charge in [0.2, 0.25) is 0 Å². The number of amides is 1. The summed E-state index contributed by atoms with van der Waals surface area (Å²) in [6, 6.07) is 7.69. The predicted octanol–water partition coefficient (Wildman–Crippen LogP) is 2.93. The zero-order valence-electron chi connectivity index (χ0n) is 16.4. The van der Waals surface area contributed by atoms with Crippen LogP contribution in [0.1, 0.15) is 47.5 Å². The van der Waals surface area contributed by atoms with Crippen LogP contribution in [0.3, 0.4) is 0 Å². The summed E-state index contributed by atoms with van der Waals surface area (Å²) in [6.45, 7) is 4.55. The Hall–Kier alpha value is -2.54. The third-order valence-corrected chi connectivity index (χ3v) is 5.22. The van der Waals surface area contributed by atoms with Gasteiger partial charge in [-0.2, -0.15) is 0 Å². The van der Waals surface area contributed by atoms with Crippen molar-refractivity contribution >= 4 is 5.91 Å². The number of ether oxygens (including phenoxy) is 2. The Morgan fingerprint density at radius 2 is 2.00 bits per heavy atom. The van der Waals surface area contributed by atoms with Crippen LogP contribution in [0.5, 0.6) is 11.5 Å². The fraction of sp³-hybridized carbons (Fsp3) is 0.524. The summed E-state index contributed by atoms with van der Waals surface area (Å²) in [6.07, 6.45) is 4.06. The van der Waals surface area contributed by atoms with Gasteiger partial charge in [-0.25, -0.2) is 0 Å². The number of aryl methyl sites for hydroxylation is 1. The SMILES string of the molecule is COc1ccc(C(=O)NC2CC2)cc1OC1CCN(Cc2cc(C)no2)CC1. The molecule has 7 nitrogen and oxygen atoms in total. The minimum absolute atomic E-state index is 0.0489. The van der Waals surface area contributed by atoms with E-state index in [1.807, 2.05) is 13.0 Å². The number of carbonyl (C=O) groups is 1. The van der Waals surface area contributed by atoms with E-state index < -0.39 is 0 Å². The molecule has 28 heavy (non-hydrogen) atoms. The third-order valence-electron chi connectivity index (χ3n) is 5.22. The smallest absolute Gasteiger partial charge is 0.251 e. The van der Waals surface area contributed by atoms with Gasteiger partial charge in [-0.3, -0.25) is 9.69 Å². The highest BCUT2D eigenvalue weighted by atomic mass is 16.5. The van der Waals surface area contributed by atoms with E-state index in [4.69, 9.17) is 14.0 Å². The molecular weight excluding hydrogens is 358 g/mol. The molecule has 150 valence electrons. The molecule has 0 bridgehead atoms. The first kappa shape index (κ1) is 18.8. The molecule has 1 amide bonds. The number of methoxy groups -OCH3 is 1. The maximum atomic E-state index is 12.3. The van der Waals surface area contributed by atoms with Gasteiger partial charge in [0.05, 0.1) is 19.3 Å². The first-order chi connectivity index (χ1) is 13.6. The second-order valence-electron chi connectivity index (χ2n) is 7.64. The van der Waals surface area contributed by atoms with Crippen molar-refractivity contribution in [1.82, 2.24) is 15.4 Å². The Morgan fingerprint density at radius 3 is 2.64 bits per heavy atom. The lowest BCUT2D eigenvalue weighted by atomic mass is 10.1. The number of piperidine rings is 1. The molecule has 1 N–H and O–H groups in total. The van der Waals surface area contributed by atoms with E-state index in [0.29, 0.717) is 23.1 Å². The first-order valence-electron chi connectivity index (χ1n) is 9.91. The van der Waals surface area contributed by atoms with E-state index in [9.17, 15) is 4.79 Å². The Labute approximate surface area is 165 Å². The number of carbonyl (C=O) groups excluding carboxylic acids is 1. The van der Waals surface area contributed by atoms with E-state index in [0.717, 1.165) is 56.8 Å². The van der Waals surface area contributed by atoms with Gasteiger partial charge >= 0.3 is 0 Å². The second kappa shape index (κ2) is 8.22. The van der Waals surface area contributed by atoms with Crippen LogP contribution in [-0.2, 0) is 6.54 Å². The molecule has 0 atom stereocenters. The lowest BCUT2D eigenvalue weighted by Crippen LogP contribution is -2.37. The summed E-state index contributed by atoms with van der Waals surface area (Å²) < 4.78 is 17.0. The quantitative estimate of drug-likeness (QED) is 0.790. The van der Waals surface area contributed by atoms with E-state index >= 15 is 0 Å². The lowest BCUT2D eigenvalue weighted by molar-refractivity contribution is 0.0885. The van der Waals surface area contributed by atoms with E-state index in [-0.39, 0.29) is 12.0 Å². The topological polar surface area (TPSA) is 76.8 Å². The van der Waals surface area contributed by atoms with E-state index in [2.05, 4.69) is 15.4 Å². The van der Waals surface area contributed by atoms with Crippen LogP contribution >= 0.6 is 0 Å². The molecule has 4 rings (SSSR count). The van der Waals surface area contributed by atoms with Crippen LogP contribution in [-0.4, -0.2) is 48.3 Å². The fourth-order valence-electron chi connectivity index (χ4n) is 3.48. The van der Waals surface area contributed by atoms with Crippen molar-refractivity contribution in [3.05, 3.63) is 41.3 Å². The molecule has 1 saturated heterocycles. The van der Waals surface area contributed by atoms with Gasteiger partial charge in [-0.05, 0) is 50.8 Å². The Morgan fingerprint density at radius 1 is 1.21 bits per heavy atom. The summed E-state index contributed by atoms with van der Waals surface area (Å²) >= 11 is 0. The standard InChI is InChI=1S/C21H27N3O4/c1-14-11-18(28-23-14)13-24-9-7-17(8-10-24)27-20-12-15(3-6-19(20)26-2)21(25)22-16-4-5-16/h3,6,11-12,16-17H,4-5,7-10,13H2,1-2H3,(H,22,25). The van der Waals surface area contributed by atoms with Crippen LogP contribution in [0.2, 0.25) is 0 Å². The fourth-order valence-corrected chi connectivity index (χ4v) is 3.48. The van der Waals surface area contributed by atoms with Gasteiger partial charge in [-0.1, -0.05) is 5.16 Å². The number of hydrogen-bond donors (Lipinski definition) is 1. The van der Waals surface area contributed by atoms with Crippen molar-refractivity contribution in [2.75, 3.05) is 20.2 Å². The Kier molecular flexibility index (Phi) is 5.52. The maximum absolute atomic E-state index is 12.3. The van der Waals surface area contributed by atoms with Crippen LogP contribution in [0.4, 0.5) is 0 Å². The molecule has 1 aromatic heterocycles. The Bertz CT molecular complexity index is 823. The summed E-state index contributed by atoms with van der Waals surface area (Å²) in [7, 11) is 1.62. The average Bonchev–Trinajstić information content (AvgIpc) is 3.42. The second-order valence-corrected chi connectivity index (χ2v) is 7.64. The van der Waals surface area contributed by atoms with Crippen molar-refractivity contribution in [2.24, 2.45) is 0 Å². The minimum atomic E-state index is -0.0489. The van der Waals surface area contributed by atoms with Crippen molar-refractivity contribution in [3.8, 4) is 11.5 Å². The summed E-state index contributed by atoms with van der Waals surface area (Å²) in [5.41, 5.74) is 1.52. The number of nitrogens with one attached hydrogen (secondary N) is 1. The van der Waals surface area contributed by atoms with E-state index in [1.54, 1.807) is 25.3 Å². The number of likely N-dealkylation sites (tertiary alicyclic amines) is 1. The highest BCUT2D eigenvalue weighted by molar-refractivity contribution is 5.95. The molecule has 0 spiro atoms. The highest BCUT2D eigenvalue weighted by Crippen LogP contribution is 2.31. The van der Waals surface area contributed by atoms with Gasteiger partial charge in [0.15, 0.2) is 17.3 Å². The van der Waals surface area contributed by atoms with Crippen molar-refractivity contribution in [3.63, 3.8) is 0 Å². The molecule has 7 heteroatoms. The maximum Gasteiger partial charge on any atom is 0.251 e. The molecule has 2 aromatic rings. The van der Waals surface area contributed by atoms with Crippen LogP contribution in [0.25, 0.3) is 0 Å². The van der Waals surface area contributed by atoms with Gasteiger partial charge < -0.3 is 19.3 Å². The molecule has 2 heterocycles. The third kappa shape index (κ3) is 4.65. The molecule has 0 unspecified atom stereocenters. The first-order valence-corrected chi connectivity index (χ1v) is 9.91. The summed E-state index contributed by atoms with van der Waals surface area (Å²) in [5.74, 6) is 2.14. The van der Waals surface area contributed by atoms with Crippen LogP contribution < -0.4 is 14.8 Å². The molecule has 1 aromatic carbocycles. The number of aromatic nitrogens is 1. The lowest BCUT2D eigenvalue weighted by Gasteiger charge is -2.31. The zero-order chi connectivity index (χ0) is 19.5. The number of rotatable bonds is 7. The van der Waals surface area contributed by atoms with Gasteiger partial charge in [0.1, 0.15) is 6.10 Å². The van der Waals surface area contributed by atoms with Crippen LogP contribution in [0, 0.1) is 6.92 Å². The van der Waals surface area contributed by atoms with Crippen LogP contribution in [0.15, 0.2) is 28.8 Å². The summed E-state index contributed by atoms with van der Waals surface area (Å²) in [5, 5.41) is 6.96. The van der Waals surface area contributed by atoms with Crippen molar-refractivity contribution < 1.29 is 18.8 Å².